The quantitative estimate of drug-likeness (QED) is 0.687. The van der Waals surface area contributed by atoms with E-state index in [0.29, 0.717) is 44.7 Å². The summed E-state index contributed by atoms with van der Waals surface area (Å²) in [4.78, 5) is 24.0. The number of amides is 1. The smallest absolute Gasteiger partial charge is 0.305 e. The number of benzene rings is 1. The standard InChI is InChI=1S/C20H28N2O6S/c23-18(21-20(15-19(24)25)8-12-28-13-9-20)14-16-4-6-17(7-5-16)29(26,27)22-10-2-1-3-11-22/h4-7H,1-3,8-15H2,(H,21,23)(H,24,25). The van der Waals surface area contributed by atoms with Gasteiger partial charge in [-0.15, -0.1) is 0 Å². The molecule has 2 N–H and O–H groups in total. The molecule has 160 valence electrons. The van der Waals surface area contributed by atoms with Crippen LogP contribution in [-0.2, 0) is 30.8 Å². The average Bonchev–Trinajstić information content (AvgIpc) is 2.69. The van der Waals surface area contributed by atoms with Crippen molar-refractivity contribution < 1.29 is 27.9 Å². The lowest BCUT2D eigenvalue weighted by Crippen LogP contribution is -2.53. The van der Waals surface area contributed by atoms with Crippen LogP contribution in [0.2, 0.25) is 0 Å². The number of aliphatic carboxylic acids is 1. The summed E-state index contributed by atoms with van der Waals surface area (Å²) in [5.74, 6) is -1.24. The van der Waals surface area contributed by atoms with Gasteiger partial charge in [0.25, 0.3) is 0 Å². The second kappa shape index (κ2) is 9.23. The Labute approximate surface area is 171 Å². The van der Waals surface area contributed by atoms with Crippen LogP contribution in [0.25, 0.3) is 0 Å². The van der Waals surface area contributed by atoms with E-state index < -0.39 is 21.5 Å². The van der Waals surface area contributed by atoms with E-state index in [0.717, 1.165) is 19.3 Å². The van der Waals surface area contributed by atoms with Gasteiger partial charge in [0, 0.05) is 26.3 Å². The fourth-order valence-electron chi connectivity index (χ4n) is 3.96. The van der Waals surface area contributed by atoms with Crippen molar-refractivity contribution in [1.82, 2.24) is 9.62 Å². The van der Waals surface area contributed by atoms with Gasteiger partial charge >= 0.3 is 5.97 Å². The number of hydrogen-bond donors (Lipinski definition) is 2. The predicted molar refractivity (Wildman–Crippen MR) is 106 cm³/mol. The van der Waals surface area contributed by atoms with E-state index in [4.69, 9.17) is 4.74 Å². The van der Waals surface area contributed by atoms with Crippen LogP contribution in [-0.4, -0.2) is 61.5 Å². The first-order chi connectivity index (χ1) is 13.8. The van der Waals surface area contributed by atoms with E-state index in [1.54, 1.807) is 12.1 Å². The zero-order chi connectivity index (χ0) is 20.9. The Kier molecular flexibility index (Phi) is 6.92. The molecule has 2 fully saturated rings. The van der Waals surface area contributed by atoms with Crippen LogP contribution >= 0.6 is 0 Å². The Balaban J connectivity index is 1.64. The molecule has 0 radical (unpaired) electrons. The number of carboxylic acids is 1. The highest BCUT2D eigenvalue weighted by atomic mass is 32.2. The Bertz CT molecular complexity index is 825. The summed E-state index contributed by atoms with van der Waals surface area (Å²) >= 11 is 0. The van der Waals surface area contributed by atoms with Gasteiger partial charge in [-0.3, -0.25) is 9.59 Å². The molecule has 1 aromatic carbocycles. The van der Waals surface area contributed by atoms with Crippen molar-refractivity contribution in [3.05, 3.63) is 29.8 Å². The van der Waals surface area contributed by atoms with Crippen molar-refractivity contribution >= 4 is 21.9 Å². The van der Waals surface area contributed by atoms with Gasteiger partial charge in [0.15, 0.2) is 0 Å². The van der Waals surface area contributed by atoms with Gasteiger partial charge < -0.3 is 15.2 Å². The number of nitrogens with zero attached hydrogens (tertiary/aromatic N) is 1. The number of piperidine rings is 1. The minimum Gasteiger partial charge on any atom is -0.481 e. The first kappa shape index (κ1) is 21.7. The third kappa shape index (κ3) is 5.55. The SMILES string of the molecule is O=C(O)CC1(NC(=O)Cc2ccc(S(=O)(=O)N3CCCCC3)cc2)CCOCC1. The highest BCUT2D eigenvalue weighted by Gasteiger charge is 2.36. The Morgan fingerprint density at radius 2 is 1.69 bits per heavy atom. The highest BCUT2D eigenvalue weighted by molar-refractivity contribution is 7.89. The molecule has 8 nitrogen and oxygen atoms in total. The van der Waals surface area contributed by atoms with E-state index in [1.807, 2.05) is 0 Å². The number of sulfonamides is 1. The molecule has 0 aliphatic carbocycles. The van der Waals surface area contributed by atoms with Crippen molar-refractivity contribution in [2.24, 2.45) is 0 Å². The minimum atomic E-state index is -3.50. The number of ether oxygens (including phenoxy) is 1. The first-order valence-electron chi connectivity index (χ1n) is 10.0. The first-order valence-corrected chi connectivity index (χ1v) is 11.4. The molecule has 0 unspecified atom stereocenters. The lowest BCUT2D eigenvalue weighted by molar-refractivity contribution is -0.140. The molecular formula is C20H28N2O6S. The van der Waals surface area contributed by atoms with Crippen molar-refractivity contribution in [1.29, 1.82) is 0 Å². The maximum absolute atomic E-state index is 12.7. The maximum atomic E-state index is 12.7. The molecule has 2 heterocycles. The summed E-state index contributed by atoms with van der Waals surface area (Å²) in [6, 6.07) is 6.36. The van der Waals surface area contributed by atoms with E-state index in [-0.39, 0.29) is 23.6 Å². The summed E-state index contributed by atoms with van der Waals surface area (Å²) < 4.78 is 32.2. The Morgan fingerprint density at radius 3 is 2.28 bits per heavy atom. The molecule has 1 amide bonds. The number of nitrogens with one attached hydrogen (secondary N) is 1. The number of carbonyl (C=O) groups excluding carboxylic acids is 1. The maximum Gasteiger partial charge on any atom is 0.305 e. The van der Waals surface area contributed by atoms with Crippen molar-refractivity contribution in [2.75, 3.05) is 26.3 Å². The fraction of sp³-hybridized carbons (Fsp3) is 0.600. The van der Waals surface area contributed by atoms with Crippen LogP contribution in [0.5, 0.6) is 0 Å². The molecule has 0 aromatic heterocycles. The molecule has 0 spiro atoms. The molecule has 1 aromatic rings. The van der Waals surface area contributed by atoms with Gasteiger partial charge in [0.05, 0.1) is 23.3 Å². The zero-order valence-electron chi connectivity index (χ0n) is 16.4. The molecule has 0 saturated carbocycles. The van der Waals surface area contributed by atoms with Gasteiger partial charge in [-0.25, -0.2) is 8.42 Å². The number of rotatable bonds is 7. The summed E-state index contributed by atoms with van der Waals surface area (Å²) in [7, 11) is -3.50. The van der Waals surface area contributed by atoms with Crippen molar-refractivity contribution in [3.8, 4) is 0 Å². The van der Waals surface area contributed by atoms with Gasteiger partial charge in [-0.05, 0) is 43.4 Å². The molecule has 2 aliphatic rings. The van der Waals surface area contributed by atoms with E-state index in [1.165, 1.54) is 16.4 Å². The molecule has 2 aliphatic heterocycles. The molecule has 0 bridgehead atoms. The van der Waals surface area contributed by atoms with Crippen molar-refractivity contribution in [3.63, 3.8) is 0 Å². The number of carbonyl (C=O) groups is 2. The molecule has 0 atom stereocenters. The van der Waals surface area contributed by atoms with Crippen LogP contribution in [0.4, 0.5) is 0 Å². The summed E-state index contributed by atoms with van der Waals surface area (Å²) in [5.41, 5.74) is -0.115. The van der Waals surface area contributed by atoms with Crippen molar-refractivity contribution in [2.45, 2.75) is 55.4 Å². The third-order valence-electron chi connectivity index (χ3n) is 5.58. The van der Waals surface area contributed by atoms with Crippen LogP contribution < -0.4 is 5.32 Å². The lowest BCUT2D eigenvalue weighted by atomic mass is 9.86. The topological polar surface area (TPSA) is 113 Å². The molecule has 9 heteroatoms. The summed E-state index contributed by atoms with van der Waals surface area (Å²) in [5, 5.41) is 12.1. The Hall–Kier alpha value is -1.97. The van der Waals surface area contributed by atoms with E-state index in [2.05, 4.69) is 5.32 Å². The zero-order valence-corrected chi connectivity index (χ0v) is 17.2. The fourth-order valence-corrected chi connectivity index (χ4v) is 5.47. The number of hydrogen-bond acceptors (Lipinski definition) is 5. The summed E-state index contributed by atoms with van der Waals surface area (Å²) in [6.45, 7) is 1.91. The normalized spacial score (nSPS) is 20.1. The number of carboxylic acid groups (broad SMARTS) is 1. The van der Waals surface area contributed by atoms with Gasteiger partial charge in [-0.2, -0.15) is 4.31 Å². The van der Waals surface area contributed by atoms with Crippen LogP contribution in [0.3, 0.4) is 0 Å². The van der Waals surface area contributed by atoms with Crippen LogP contribution in [0.1, 0.15) is 44.1 Å². The Morgan fingerprint density at radius 1 is 1.07 bits per heavy atom. The second-order valence-corrected chi connectivity index (χ2v) is 9.73. The molecular weight excluding hydrogens is 396 g/mol. The monoisotopic (exact) mass is 424 g/mol. The molecule has 2 saturated heterocycles. The lowest BCUT2D eigenvalue weighted by Gasteiger charge is -2.36. The van der Waals surface area contributed by atoms with Crippen LogP contribution in [0.15, 0.2) is 29.2 Å². The van der Waals surface area contributed by atoms with Gasteiger partial charge in [0.1, 0.15) is 0 Å². The van der Waals surface area contributed by atoms with E-state index in [9.17, 15) is 23.1 Å². The van der Waals surface area contributed by atoms with Gasteiger partial charge in [-0.1, -0.05) is 18.6 Å². The minimum absolute atomic E-state index is 0.0618. The van der Waals surface area contributed by atoms with E-state index >= 15 is 0 Å². The highest BCUT2D eigenvalue weighted by Crippen LogP contribution is 2.25. The van der Waals surface area contributed by atoms with Crippen LogP contribution in [0, 0.1) is 0 Å². The average molecular weight is 425 g/mol. The third-order valence-corrected chi connectivity index (χ3v) is 7.50. The molecule has 3 rings (SSSR count). The van der Waals surface area contributed by atoms with Gasteiger partial charge in [0.2, 0.25) is 15.9 Å². The summed E-state index contributed by atoms with van der Waals surface area (Å²) in [6.07, 6.45) is 3.63. The second-order valence-electron chi connectivity index (χ2n) is 7.80. The largest absolute Gasteiger partial charge is 0.481 e. The molecule has 29 heavy (non-hydrogen) atoms. The predicted octanol–water partition coefficient (Wildman–Crippen LogP) is 1.54.